The minimum atomic E-state index is 0.175. The third-order valence-corrected chi connectivity index (χ3v) is 4.88. The summed E-state index contributed by atoms with van der Waals surface area (Å²) in [5.74, 6) is 3.26. The van der Waals surface area contributed by atoms with Crippen molar-refractivity contribution < 1.29 is 14.3 Å². The molecule has 0 saturated heterocycles. The topological polar surface area (TPSA) is 47.6 Å². The molecule has 1 heterocycles. The third kappa shape index (κ3) is 2.03. The molecule has 0 spiro atoms. The van der Waals surface area contributed by atoms with Gasteiger partial charge >= 0.3 is 0 Å². The van der Waals surface area contributed by atoms with Crippen LogP contribution in [0.15, 0.2) is 18.2 Å². The van der Waals surface area contributed by atoms with E-state index in [1.165, 1.54) is 19.3 Å². The summed E-state index contributed by atoms with van der Waals surface area (Å²) in [6.07, 6.45) is 4.86. The smallest absolute Gasteiger partial charge is 0.227 e. The van der Waals surface area contributed by atoms with Crippen LogP contribution in [0.25, 0.3) is 0 Å². The number of benzene rings is 1. The first kappa shape index (κ1) is 12.1. The second kappa shape index (κ2) is 4.69. The fraction of sp³-hybridized carbons (Fsp3) is 0.562. The van der Waals surface area contributed by atoms with Gasteiger partial charge in [0, 0.05) is 17.7 Å². The Kier molecular flexibility index (Phi) is 2.83. The third-order valence-electron chi connectivity index (χ3n) is 4.88. The van der Waals surface area contributed by atoms with Gasteiger partial charge in [-0.2, -0.15) is 0 Å². The predicted molar refractivity (Wildman–Crippen MR) is 75.0 cm³/mol. The zero-order chi connectivity index (χ0) is 13.5. The lowest BCUT2D eigenvalue weighted by atomic mass is 9.88. The van der Waals surface area contributed by atoms with Crippen molar-refractivity contribution in [3.8, 4) is 11.5 Å². The second-order valence-electron chi connectivity index (χ2n) is 6.13. The van der Waals surface area contributed by atoms with Crippen molar-refractivity contribution >= 4 is 11.6 Å². The maximum atomic E-state index is 12.4. The van der Waals surface area contributed by atoms with Crippen molar-refractivity contribution in [1.82, 2.24) is 0 Å². The largest absolute Gasteiger partial charge is 0.486 e. The fourth-order valence-electron chi connectivity index (χ4n) is 3.92. The van der Waals surface area contributed by atoms with Crippen LogP contribution in [-0.4, -0.2) is 19.1 Å². The first-order valence-corrected chi connectivity index (χ1v) is 7.50. The number of hydrogen-bond donors (Lipinski definition) is 1. The van der Waals surface area contributed by atoms with Crippen LogP contribution >= 0.6 is 0 Å². The molecule has 1 aromatic rings. The van der Waals surface area contributed by atoms with Crippen LogP contribution in [0.4, 0.5) is 5.69 Å². The van der Waals surface area contributed by atoms with E-state index in [9.17, 15) is 4.79 Å². The minimum Gasteiger partial charge on any atom is -0.486 e. The number of hydrogen-bond acceptors (Lipinski definition) is 3. The van der Waals surface area contributed by atoms with E-state index in [-0.39, 0.29) is 11.8 Å². The fourth-order valence-corrected chi connectivity index (χ4v) is 3.92. The zero-order valence-corrected chi connectivity index (χ0v) is 11.4. The van der Waals surface area contributed by atoms with E-state index in [0.29, 0.717) is 19.1 Å². The van der Waals surface area contributed by atoms with Crippen LogP contribution in [0.3, 0.4) is 0 Å². The summed E-state index contributed by atoms with van der Waals surface area (Å²) in [5.41, 5.74) is 0.807. The van der Waals surface area contributed by atoms with Gasteiger partial charge in [-0.25, -0.2) is 0 Å². The molecule has 2 saturated carbocycles. The average molecular weight is 273 g/mol. The van der Waals surface area contributed by atoms with Crippen molar-refractivity contribution in [1.29, 1.82) is 0 Å². The lowest BCUT2D eigenvalue weighted by Crippen LogP contribution is -2.27. The van der Waals surface area contributed by atoms with Crippen LogP contribution in [0, 0.1) is 17.8 Å². The van der Waals surface area contributed by atoms with Gasteiger partial charge in [0.05, 0.1) is 0 Å². The van der Waals surface area contributed by atoms with E-state index >= 15 is 0 Å². The highest BCUT2D eigenvalue weighted by molar-refractivity contribution is 5.93. The molecular weight excluding hydrogens is 254 g/mol. The molecule has 2 bridgehead atoms. The van der Waals surface area contributed by atoms with E-state index in [0.717, 1.165) is 29.5 Å². The standard InChI is InChI=1S/C16H19NO3/c18-16(13-8-10-1-2-11(13)7-10)17-12-3-4-14-15(9-12)20-6-5-19-14/h3-4,9-11,13H,1-2,5-8H2,(H,17,18)/t10-,11-,13+/m0/s1. The van der Waals surface area contributed by atoms with E-state index < -0.39 is 0 Å². The maximum Gasteiger partial charge on any atom is 0.227 e. The van der Waals surface area contributed by atoms with Crippen LogP contribution in [-0.2, 0) is 4.79 Å². The van der Waals surface area contributed by atoms with Gasteiger partial charge in [-0.15, -0.1) is 0 Å². The number of ether oxygens (including phenoxy) is 2. The summed E-state index contributed by atoms with van der Waals surface area (Å²) in [6.45, 7) is 1.15. The van der Waals surface area contributed by atoms with Crippen LogP contribution in [0.1, 0.15) is 25.7 Å². The lowest BCUT2D eigenvalue weighted by Gasteiger charge is -2.22. The molecule has 2 fully saturated rings. The molecule has 4 nitrogen and oxygen atoms in total. The molecule has 20 heavy (non-hydrogen) atoms. The van der Waals surface area contributed by atoms with Crippen molar-refractivity contribution in [2.75, 3.05) is 18.5 Å². The summed E-state index contributed by atoms with van der Waals surface area (Å²) in [4.78, 5) is 12.4. The molecule has 3 atom stereocenters. The Morgan fingerprint density at radius 1 is 1.10 bits per heavy atom. The number of carbonyl (C=O) groups is 1. The van der Waals surface area contributed by atoms with Gasteiger partial charge < -0.3 is 14.8 Å². The first-order valence-electron chi connectivity index (χ1n) is 7.50. The van der Waals surface area contributed by atoms with Gasteiger partial charge in [0.15, 0.2) is 11.5 Å². The Morgan fingerprint density at radius 2 is 1.95 bits per heavy atom. The molecule has 0 aromatic heterocycles. The molecule has 4 heteroatoms. The molecule has 1 aliphatic heterocycles. The van der Waals surface area contributed by atoms with Gasteiger partial charge in [0.25, 0.3) is 0 Å². The van der Waals surface area contributed by atoms with Gasteiger partial charge in [0.1, 0.15) is 13.2 Å². The van der Waals surface area contributed by atoms with E-state index in [1.807, 2.05) is 18.2 Å². The number of anilines is 1. The van der Waals surface area contributed by atoms with Crippen molar-refractivity contribution in [2.45, 2.75) is 25.7 Å². The predicted octanol–water partition coefficient (Wildman–Crippen LogP) is 2.83. The van der Waals surface area contributed by atoms with E-state index in [1.54, 1.807) is 0 Å². The second-order valence-corrected chi connectivity index (χ2v) is 6.13. The van der Waals surface area contributed by atoms with Gasteiger partial charge in [-0.3, -0.25) is 4.79 Å². The molecule has 106 valence electrons. The van der Waals surface area contributed by atoms with Crippen molar-refractivity contribution in [3.63, 3.8) is 0 Å². The van der Waals surface area contributed by atoms with E-state index in [4.69, 9.17) is 9.47 Å². The van der Waals surface area contributed by atoms with Gasteiger partial charge in [-0.1, -0.05) is 6.42 Å². The summed E-state index contributed by atoms with van der Waals surface area (Å²) < 4.78 is 11.0. The molecule has 1 N–H and O–H groups in total. The molecule has 2 aliphatic carbocycles. The molecular formula is C16H19NO3. The lowest BCUT2D eigenvalue weighted by molar-refractivity contribution is -0.121. The Labute approximate surface area is 118 Å². The Bertz CT molecular complexity index is 543. The summed E-state index contributed by atoms with van der Waals surface area (Å²) in [5, 5.41) is 3.04. The van der Waals surface area contributed by atoms with Crippen LogP contribution < -0.4 is 14.8 Å². The quantitative estimate of drug-likeness (QED) is 0.901. The van der Waals surface area contributed by atoms with Crippen LogP contribution in [0.2, 0.25) is 0 Å². The van der Waals surface area contributed by atoms with Crippen molar-refractivity contribution in [2.24, 2.45) is 17.8 Å². The summed E-state index contributed by atoms with van der Waals surface area (Å²) >= 11 is 0. The van der Waals surface area contributed by atoms with Crippen molar-refractivity contribution in [3.05, 3.63) is 18.2 Å². The normalized spacial score (nSPS) is 30.3. The monoisotopic (exact) mass is 273 g/mol. The average Bonchev–Trinajstić information content (AvgIpc) is 3.10. The van der Waals surface area contributed by atoms with Crippen LogP contribution in [0.5, 0.6) is 11.5 Å². The number of fused-ring (bicyclic) bond motifs is 3. The number of rotatable bonds is 2. The molecule has 1 amide bonds. The number of carbonyl (C=O) groups excluding carboxylic acids is 1. The van der Waals surface area contributed by atoms with E-state index in [2.05, 4.69) is 5.32 Å². The zero-order valence-electron chi connectivity index (χ0n) is 11.4. The van der Waals surface area contributed by atoms with Gasteiger partial charge in [0.2, 0.25) is 5.91 Å². The highest BCUT2D eigenvalue weighted by Gasteiger charge is 2.43. The number of nitrogens with one attached hydrogen (secondary N) is 1. The molecule has 3 aliphatic rings. The summed E-state index contributed by atoms with van der Waals surface area (Å²) in [7, 11) is 0. The van der Waals surface area contributed by atoms with Gasteiger partial charge in [-0.05, 0) is 43.2 Å². The molecule has 0 radical (unpaired) electrons. The highest BCUT2D eigenvalue weighted by Crippen LogP contribution is 2.48. The molecule has 0 unspecified atom stereocenters. The maximum absolute atomic E-state index is 12.4. The number of amides is 1. The minimum absolute atomic E-state index is 0.175. The molecule has 1 aromatic carbocycles. The molecule has 4 rings (SSSR count). The first-order chi connectivity index (χ1) is 9.79. The Morgan fingerprint density at radius 3 is 2.70 bits per heavy atom. The highest BCUT2D eigenvalue weighted by atomic mass is 16.6. The SMILES string of the molecule is O=C(Nc1ccc2c(c1)OCCO2)[C@@H]1C[C@H]2CC[C@H]1C2. The summed E-state index contributed by atoms with van der Waals surface area (Å²) in [6, 6.07) is 5.61. The Hall–Kier alpha value is -1.71. The Balaban J connectivity index is 1.47.